The van der Waals surface area contributed by atoms with Gasteiger partial charge in [0.1, 0.15) is 0 Å². The van der Waals surface area contributed by atoms with E-state index < -0.39 is 0 Å². The molecular weight excluding hydrogens is 877 g/mol. The van der Waals surface area contributed by atoms with Gasteiger partial charge < -0.3 is 33.5 Å². The fraction of sp³-hybridized carbons (Fsp3) is 0.500. The minimum absolute atomic E-state index is 0. The summed E-state index contributed by atoms with van der Waals surface area (Å²) in [6.07, 6.45) is 0. The van der Waals surface area contributed by atoms with Crippen LogP contribution in [0, 0.1) is 35.8 Å². The fourth-order valence-corrected chi connectivity index (χ4v) is 0.0645. The van der Waals surface area contributed by atoms with Crippen molar-refractivity contribution in [1.29, 1.82) is 0 Å². The van der Waals surface area contributed by atoms with E-state index in [2.05, 4.69) is 25.8 Å². The fourth-order valence-electron chi connectivity index (χ4n) is 0.0645. The summed E-state index contributed by atoms with van der Waals surface area (Å²) in [6, 6.07) is 0. The molecule has 7 heteroatoms. The van der Waals surface area contributed by atoms with Crippen LogP contribution in [0.5, 0.6) is 0 Å². The Labute approximate surface area is 230 Å². The molecular formula is C10H26NORb2ReRfRh-3. The zero-order chi connectivity index (χ0) is 8.99. The first kappa shape index (κ1) is 69.9. The Morgan fingerprint density at radius 2 is 1.24 bits per heavy atom. The van der Waals surface area contributed by atoms with Crippen LogP contribution in [-0.4, -0.2) is 18.7 Å². The van der Waals surface area contributed by atoms with Gasteiger partial charge >= 0.3 is 116 Å². The zero-order valence-electron chi connectivity index (χ0n) is 13.1. The van der Waals surface area contributed by atoms with Crippen molar-refractivity contribution < 1.29 is 161 Å². The topological polar surface area (TPSA) is 12.5 Å². The molecule has 0 amide bonds. The molecule has 0 aliphatic carbocycles. The maximum Gasteiger partial charge on any atom is 1.00 e. The number of hydrogen-bond donors (Lipinski definition) is 0. The quantitative estimate of drug-likeness (QED) is 0.170. The Morgan fingerprint density at radius 1 is 1.06 bits per heavy atom. The predicted octanol–water partition coefficient (Wildman–Crippen LogP) is -2.75. The van der Waals surface area contributed by atoms with Crippen molar-refractivity contribution in [2.45, 2.75) is 20.8 Å². The largest absolute Gasteiger partial charge is 1.00 e. The normalized spacial score (nSPS) is 4.24. The standard InChI is InChI=1S/C4H9NO.C2H6.C2H5.2CH3.2Rb.Re.Rf.Rh/c1-4-5(2)6-3;2*1-2;;;;;;;/h1,3-4H2,2H3;1-2H3;1H2,2H3;2*1H3;;;;;/q-2;;3*-1;2*+1;;;. The molecule has 2 nitrogen and oxygen atoms in total. The van der Waals surface area contributed by atoms with Gasteiger partial charge in [0, 0.05) is 46.9 Å². The molecule has 2 radical (unpaired) electrons. The van der Waals surface area contributed by atoms with Crippen LogP contribution in [0.3, 0.4) is 0 Å². The summed E-state index contributed by atoms with van der Waals surface area (Å²) >= 11 is 0. The summed E-state index contributed by atoms with van der Waals surface area (Å²) in [5.41, 5.74) is 0. The number of hydrogen-bond acceptors (Lipinski definition) is 2. The van der Waals surface area contributed by atoms with E-state index in [1.54, 1.807) is 14.0 Å². The maximum absolute atomic E-state index is 4.42. The van der Waals surface area contributed by atoms with E-state index in [-0.39, 0.29) is 171 Å². The van der Waals surface area contributed by atoms with Crippen LogP contribution >= 0.6 is 0 Å². The minimum atomic E-state index is 0. The molecule has 0 fully saturated rings. The molecule has 0 rings (SSSR count). The van der Waals surface area contributed by atoms with Crippen molar-refractivity contribution in [3.8, 4) is 0 Å². The van der Waals surface area contributed by atoms with Gasteiger partial charge in [-0.3, -0.25) is 5.06 Å². The molecule has 0 saturated heterocycles. The van der Waals surface area contributed by atoms with Crippen LogP contribution in [0.15, 0.2) is 0 Å². The summed E-state index contributed by atoms with van der Waals surface area (Å²) in [5, 5.41) is 1.53. The van der Waals surface area contributed by atoms with Crippen LogP contribution < -0.4 is 116 Å². The van der Waals surface area contributed by atoms with Crippen LogP contribution in [0.2, 0.25) is 0 Å². The molecule has 0 aromatic carbocycles. The number of hydroxylamine groups is 2. The first-order chi connectivity index (χ1) is 4.81. The smallest absolute Gasteiger partial charge is 0.478 e. The summed E-state index contributed by atoms with van der Waals surface area (Å²) in [4.78, 5) is 4.42. The van der Waals surface area contributed by atoms with Crippen molar-refractivity contribution in [1.82, 2.24) is 5.06 Å². The van der Waals surface area contributed by atoms with Crippen molar-refractivity contribution in [3.05, 3.63) is 35.8 Å². The van der Waals surface area contributed by atoms with Gasteiger partial charge in [-0.1, -0.05) is 13.8 Å². The van der Waals surface area contributed by atoms with Gasteiger partial charge in [0.25, 0.3) is 0 Å². The molecule has 0 unspecified atom stereocenters. The molecule has 0 heterocycles. The summed E-state index contributed by atoms with van der Waals surface area (Å²) in [7, 11) is 4.91. The van der Waals surface area contributed by atoms with Gasteiger partial charge in [-0.25, -0.2) is 7.11 Å². The van der Waals surface area contributed by atoms with E-state index in [1.165, 1.54) is 5.06 Å². The van der Waals surface area contributed by atoms with Crippen LogP contribution in [0.25, 0.3) is 0 Å². The first-order valence-corrected chi connectivity index (χ1v) is 3.44. The molecule has 0 aromatic heterocycles. The maximum atomic E-state index is 4.42. The average molecular weight is 903 g/mol. The Balaban J connectivity index is -0.00000000514. The third-order valence-electron chi connectivity index (χ3n) is 0.535. The monoisotopic (exact) mass is 903 g/mol. The Kier molecular flexibility index (Phi) is 371. The molecule has 0 bridgehead atoms. The summed E-state index contributed by atoms with van der Waals surface area (Å²) in [6.45, 7) is 13.1. The van der Waals surface area contributed by atoms with E-state index in [0.29, 0.717) is 6.54 Å². The van der Waals surface area contributed by atoms with E-state index in [9.17, 15) is 0 Å². The number of rotatable bonds is 2. The third-order valence-corrected chi connectivity index (χ3v) is 0.535. The van der Waals surface area contributed by atoms with Gasteiger partial charge in [0.2, 0.25) is 0 Å². The van der Waals surface area contributed by atoms with Crippen molar-refractivity contribution >= 4 is 0 Å². The first-order valence-electron chi connectivity index (χ1n) is 3.44. The van der Waals surface area contributed by atoms with Crippen molar-refractivity contribution in [2.24, 2.45) is 0 Å². The van der Waals surface area contributed by atoms with E-state index in [0.717, 1.165) is 0 Å². The zero-order valence-corrected chi connectivity index (χ0v) is 33.7. The van der Waals surface area contributed by atoms with E-state index in [4.69, 9.17) is 0 Å². The molecule has 0 aliphatic rings. The van der Waals surface area contributed by atoms with Crippen LogP contribution in [0.1, 0.15) is 20.8 Å². The van der Waals surface area contributed by atoms with E-state index in [1.807, 2.05) is 13.8 Å². The summed E-state index contributed by atoms with van der Waals surface area (Å²) < 4.78 is 0. The van der Waals surface area contributed by atoms with Gasteiger partial charge in [0.15, 0.2) is 0 Å². The predicted molar refractivity (Wildman–Crippen MR) is 59.6 cm³/mol. The molecule has 0 N–H and O–H groups in total. The number of nitrogens with zero attached hydrogens (tertiary/aromatic N) is 1. The summed E-state index contributed by atoms with van der Waals surface area (Å²) in [5.74, 6) is 0. The molecule has 0 saturated carbocycles. The average Bonchev–Trinajstić information content (AvgIpc) is 2.10. The second-order valence-electron chi connectivity index (χ2n) is 0.981. The minimum Gasteiger partial charge on any atom is -0.478 e. The molecule has 0 aliphatic heterocycles. The van der Waals surface area contributed by atoms with Crippen LogP contribution in [0.4, 0.5) is 0 Å². The van der Waals surface area contributed by atoms with Crippen molar-refractivity contribution in [3.63, 3.8) is 0 Å². The van der Waals surface area contributed by atoms with Gasteiger partial charge in [-0.05, 0) is 0 Å². The molecule has 0 spiro atoms. The Morgan fingerprint density at radius 3 is 1.24 bits per heavy atom. The van der Waals surface area contributed by atoms with E-state index >= 15 is 0 Å². The Hall–Kier alpha value is 3.82. The van der Waals surface area contributed by atoms with Gasteiger partial charge in [-0.2, -0.15) is 6.92 Å². The molecule has 100 valence electrons. The van der Waals surface area contributed by atoms with Gasteiger partial charge in [0.05, 0.1) is 0 Å². The third kappa shape index (κ3) is 103. The van der Waals surface area contributed by atoms with Crippen LogP contribution in [-0.2, 0) is 44.7 Å². The molecule has 17 heavy (non-hydrogen) atoms. The molecule has 0 atom stereocenters. The molecule has 0 aromatic rings. The SMILES string of the molecule is CC.[CH2-]C.[CH2-]CN(C)O[CH2-].[CH3-].[CH3-].[Rb+].[Rb+].[Re].[Rf].[Rh]. The van der Waals surface area contributed by atoms with Crippen molar-refractivity contribution in [2.75, 3.05) is 13.6 Å². The second-order valence-corrected chi connectivity index (χ2v) is 0.981. The Bertz CT molecular complexity index is 53.5. The second kappa shape index (κ2) is 90.3. The van der Waals surface area contributed by atoms with Gasteiger partial charge in [-0.15, -0.1) is 6.54 Å².